The Morgan fingerprint density at radius 2 is 0.580 bits per heavy atom. The Balaban J connectivity index is 1.44. The predicted molar refractivity (Wildman–Crippen MR) is 343 cm³/mol. The minimum Gasteiger partial charge on any atom is -0.496 e. The summed E-state index contributed by atoms with van der Waals surface area (Å²) >= 11 is 0. The third kappa shape index (κ3) is 15.2. The molecule has 3 aliphatic heterocycles. The number of methoxy groups -OCH3 is 3. The summed E-state index contributed by atoms with van der Waals surface area (Å²) in [5, 5.41) is 50.6. The molecule has 10 bridgehead atoms. The second kappa shape index (κ2) is 27.3. The average Bonchev–Trinajstić information content (AvgIpc) is 0.918. The Bertz CT molecular complexity index is 3070. The van der Waals surface area contributed by atoms with Gasteiger partial charge in [0.25, 0.3) is 17.1 Å². The fourth-order valence-corrected chi connectivity index (χ4v) is 12.3. The Labute approximate surface area is 517 Å². The maximum atomic E-state index is 13.3. The van der Waals surface area contributed by atoms with Gasteiger partial charge >= 0.3 is 0 Å². The van der Waals surface area contributed by atoms with Crippen LogP contribution in [0.1, 0.15) is 146 Å². The number of benzene rings is 6. The van der Waals surface area contributed by atoms with Crippen molar-refractivity contribution in [2.24, 2.45) is 0 Å². The molecular formula is C69H87N7O12. The topological polar surface area (TPSA) is 224 Å². The van der Waals surface area contributed by atoms with E-state index in [1.54, 1.807) is 57.7 Å². The molecule has 6 aromatic rings. The maximum absolute atomic E-state index is 13.3. The number of hydrogen-bond donors (Lipinski definition) is 3. The van der Waals surface area contributed by atoms with E-state index in [1.165, 1.54) is 0 Å². The highest BCUT2D eigenvalue weighted by molar-refractivity contribution is 5.63. The molecule has 9 rings (SSSR count). The molecule has 0 spiro atoms. The molecule has 470 valence electrons. The van der Waals surface area contributed by atoms with E-state index in [1.807, 2.05) is 0 Å². The summed E-state index contributed by atoms with van der Waals surface area (Å²) in [4.78, 5) is 41.0. The van der Waals surface area contributed by atoms with Crippen molar-refractivity contribution in [1.29, 1.82) is 0 Å². The number of fused-ring (bicyclic) bond motifs is 21. The van der Waals surface area contributed by atoms with Crippen LogP contribution >= 0.6 is 0 Å². The standard InChI is InChI=1S/C69H87N7O12/c1-67(2,3)55-31-43-25-49-37-58(74(77)78)39-51(61(49)83-10)27-45-33-56(68(4,5)6)35-47-29-53-41-60(76(81)82)42-54(63(53)85-12)30-48-36-57(69(7,8)9)34-46-28-52-40-59(75(79)80)38-50(62(52)84-11)26-44(32-55)64(43)86-22-16-70-13-19-73(20-14-71-17-23-87-65(45)47)21-15-72-18-24-88-66(46)48/h31-42,70-72H,13-30H2,1-12H3. The minimum atomic E-state index is -0.419. The van der Waals surface area contributed by atoms with Gasteiger partial charge in [0, 0.05) is 167 Å². The smallest absolute Gasteiger partial charge is 0.270 e. The number of nitrogens with one attached hydrogen (secondary N) is 3. The Morgan fingerprint density at radius 3 is 0.761 bits per heavy atom. The lowest BCUT2D eigenvalue weighted by Gasteiger charge is -2.27. The van der Waals surface area contributed by atoms with Gasteiger partial charge in [-0.05, 0) is 66.3 Å². The molecule has 0 atom stereocenters. The molecule has 3 aliphatic rings. The molecule has 0 radical (unpaired) electrons. The van der Waals surface area contributed by atoms with E-state index in [2.05, 4.69) is 120 Å². The Kier molecular flexibility index (Phi) is 20.0. The lowest BCUT2D eigenvalue weighted by Crippen LogP contribution is -2.42. The highest BCUT2D eigenvalue weighted by Crippen LogP contribution is 2.45. The van der Waals surface area contributed by atoms with Gasteiger partial charge in [0.1, 0.15) is 54.3 Å². The van der Waals surface area contributed by atoms with E-state index >= 15 is 0 Å². The summed E-state index contributed by atoms with van der Waals surface area (Å²) in [5.41, 5.74) is 8.95. The largest absolute Gasteiger partial charge is 0.496 e. The lowest BCUT2D eigenvalue weighted by molar-refractivity contribution is -0.385. The second-order valence-corrected chi connectivity index (χ2v) is 26.5. The molecule has 3 N–H and O–H groups in total. The van der Waals surface area contributed by atoms with Crippen LogP contribution in [0.2, 0.25) is 0 Å². The molecule has 0 saturated carbocycles. The van der Waals surface area contributed by atoms with Crippen LogP contribution in [-0.4, -0.2) is 120 Å². The van der Waals surface area contributed by atoms with Gasteiger partial charge < -0.3 is 44.4 Å². The minimum absolute atomic E-state index is 0.133. The van der Waals surface area contributed by atoms with Crippen LogP contribution in [0, 0.1) is 30.3 Å². The first-order valence-electron chi connectivity index (χ1n) is 30.6. The highest BCUT2D eigenvalue weighted by Gasteiger charge is 2.31. The first-order chi connectivity index (χ1) is 41.8. The second-order valence-electron chi connectivity index (χ2n) is 26.5. The molecule has 0 saturated heterocycles. The van der Waals surface area contributed by atoms with Gasteiger partial charge in [-0.1, -0.05) is 98.7 Å². The van der Waals surface area contributed by atoms with Crippen LogP contribution in [0.3, 0.4) is 0 Å². The molecule has 0 unspecified atom stereocenters. The lowest BCUT2D eigenvalue weighted by atomic mass is 9.81. The quantitative estimate of drug-likeness (QED) is 0.104. The van der Waals surface area contributed by atoms with Crippen LogP contribution in [0.25, 0.3) is 0 Å². The molecule has 19 heteroatoms. The Hall–Kier alpha value is -7.84. The molecule has 19 nitrogen and oxygen atoms in total. The van der Waals surface area contributed by atoms with Gasteiger partial charge in [0.2, 0.25) is 0 Å². The fourth-order valence-electron chi connectivity index (χ4n) is 12.3. The normalized spacial score (nSPS) is 16.0. The van der Waals surface area contributed by atoms with Gasteiger partial charge in [0.05, 0.1) is 36.1 Å². The highest BCUT2D eigenvalue weighted by atomic mass is 16.6. The first-order valence-corrected chi connectivity index (χ1v) is 30.6. The number of ether oxygens (including phenoxy) is 6. The molecule has 0 aromatic heterocycles. The van der Waals surface area contributed by atoms with E-state index < -0.39 is 16.2 Å². The zero-order valence-corrected chi connectivity index (χ0v) is 53.3. The van der Waals surface area contributed by atoms with Gasteiger partial charge in [-0.15, -0.1) is 0 Å². The number of hydrogen-bond acceptors (Lipinski definition) is 16. The zero-order valence-electron chi connectivity index (χ0n) is 53.3. The third-order valence-electron chi connectivity index (χ3n) is 16.9. The van der Waals surface area contributed by atoms with Crippen molar-refractivity contribution in [3.8, 4) is 34.5 Å². The average molecular weight is 1210 g/mol. The van der Waals surface area contributed by atoms with Crippen LogP contribution in [0.15, 0.2) is 72.8 Å². The summed E-state index contributed by atoms with van der Waals surface area (Å²) in [6, 6.07) is 22.0. The molecule has 0 aliphatic carbocycles. The molecule has 3 heterocycles. The van der Waals surface area contributed by atoms with Crippen molar-refractivity contribution in [2.75, 3.05) is 100 Å². The summed E-state index contributed by atoms with van der Waals surface area (Å²) in [6.45, 7) is 25.6. The van der Waals surface area contributed by atoms with Gasteiger partial charge in [0.15, 0.2) is 0 Å². The zero-order chi connectivity index (χ0) is 63.2. The predicted octanol–water partition coefficient (Wildman–Crippen LogP) is 11.4. The van der Waals surface area contributed by atoms with Crippen LogP contribution in [0.4, 0.5) is 17.1 Å². The van der Waals surface area contributed by atoms with Crippen LogP contribution in [0.5, 0.6) is 34.5 Å². The Morgan fingerprint density at radius 1 is 0.364 bits per heavy atom. The third-order valence-corrected chi connectivity index (χ3v) is 16.9. The monoisotopic (exact) mass is 1210 g/mol. The molecular weight excluding hydrogens is 1120 g/mol. The van der Waals surface area contributed by atoms with E-state index in [0.29, 0.717) is 107 Å². The van der Waals surface area contributed by atoms with Crippen LogP contribution in [-0.2, 0) is 54.8 Å². The van der Waals surface area contributed by atoms with Crippen molar-refractivity contribution in [2.45, 2.75) is 117 Å². The maximum Gasteiger partial charge on any atom is 0.270 e. The SMILES string of the molecule is COc1c2cc([N+](=O)[O-])cc1Cc1cc(C(C)(C)C)cc3c1OCCNCCN1CCNCCOc4c(cc(C(C)(C)C)cc4Cc4cc([N+](=O)[O-])cc(c4OC)Cc4cc(C(C)(C)C)cc(c4OCCNCC1)Cc1cc([N+](=O)[O-])cc(c1OC)C3)C2. The molecule has 88 heavy (non-hydrogen) atoms. The number of rotatable bonds is 6. The van der Waals surface area contributed by atoms with Crippen molar-refractivity contribution in [3.63, 3.8) is 0 Å². The van der Waals surface area contributed by atoms with Gasteiger partial charge in [-0.25, -0.2) is 0 Å². The van der Waals surface area contributed by atoms with Gasteiger partial charge in [-0.2, -0.15) is 0 Å². The summed E-state index contributed by atoms with van der Waals surface area (Å²) < 4.78 is 40.4. The van der Waals surface area contributed by atoms with Crippen molar-refractivity contribution in [3.05, 3.63) is 187 Å². The number of nitro benzene ring substituents is 3. The number of nitrogens with zero attached hydrogens (tertiary/aromatic N) is 4. The molecule has 0 amide bonds. The van der Waals surface area contributed by atoms with E-state index in [0.717, 1.165) is 69.7 Å². The van der Waals surface area contributed by atoms with Crippen molar-refractivity contribution >= 4 is 17.1 Å². The summed E-state index contributed by atoms with van der Waals surface area (Å²) in [6.07, 6.45) is 0.859. The summed E-state index contributed by atoms with van der Waals surface area (Å²) in [7, 11) is 4.72. The van der Waals surface area contributed by atoms with E-state index in [-0.39, 0.29) is 90.2 Å². The van der Waals surface area contributed by atoms with Crippen molar-refractivity contribution < 1.29 is 43.2 Å². The van der Waals surface area contributed by atoms with Crippen molar-refractivity contribution in [1.82, 2.24) is 20.9 Å². The fraction of sp³-hybridized carbons (Fsp3) is 0.478. The van der Waals surface area contributed by atoms with Gasteiger partial charge in [-0.3, -0.25) is 35.2 Å². The van der Waals surface area contributed by atoms with E-state index in [9.17, 15) is 30.3 Å². The first kappa shape index (κ1) is 64.6. The number of nitro groups is 3. The van der Waals surface area contributed by atoms with E-state index in [4.69, 9.17) is 28.4 Å². The van der Waals surface area contributed by atoms with Crippen LogP contribution < -0.4 is 44.4 Å². The summed E-state index contributed by atoms with van der Waals surface area (Å²) in [5.74, 6) is 2.99. The molecule has 6 aromatic carbocycles. The molecule has 0 fully saturated rings. The number of non-ortho nitro benzene ring substituents is 3.